The molecule has 8 nitrogen and oxygen atoms in total. The van der Waals surface area contributed by atoms with Gasteiger partial charge < -0.3 is 21.7 Å². The lowest BCUT2D eigenvalue weighted by atomic mass is 9.87. The predicted molar refractivity (Wildman–Crippen MR) is 86.6 cm³/mol. The molecule has 0 bridgehead atoms. The molecule has 0 radical (unpaired) electrons. The number of aromatic carboxylic acids is 1. The number of phenolic OH excluding ortho intramolecular Hbond substituents is 1. The summed E-state index contributed by atoms with van der Waals surface area (Å²) in [5.41, 5.74) is 11.5. The van der Waals surface area contributed by atoms with Gasteiger partial charge in [-0.2, -0.15) is 4.99 Å². The van der Waals surface area contributed by atoms with Gasteiger partial charge in [-0.1, -0.05) is 6.42 Å². The molecule has 1 aromatic rings. The highest BCUT2D eigenvalue weighted by Gasteiger charge is 2.43. The molecule has 0 atom stereocenters. The maximum Gasteiger partial charge on any atom is 0.335 e. The average molecular weight is 317 g/mol. The van der Waals surface area contributed by atoms with Crippen molar-refractivity contribution in [2.45, 2.75) is 37.8 Å². The largest absolute Gasteiger partial charge is 0.506 e. The summed E-state index contributed by atoms with van der Waals surface area (Å²) in [7, 11) is 0. The Bertz CT molecular complexity index is 707. The van der Waals surface area contributed by atoms with Crippen LogP contribution in [0, 0.1) is 0 Å². The molecule has 1 aliphatic carbocycles. The van der Waals surface area contributed by atoms with Crippen LogP contribution >= 0.6 is 0 Å². The molecule has 0 unspecified atom stereocenters. The van der Waals surface area contributed by atoms with Gasteiger partial charge in [-0.3, -0.25) is 4.90 Å². The number of nitrogens with two attached hydrogens (primary N) is 2. The molecule has 1 saturated carbocycles. The van der Waals surface area contributed by atoms with Crippen LogP contribution in [0.2, 0.25) is 0 Å². The van der Waals surface area contributed by atoms with Gasteiger partial charge in [0.2, 0.25) is 11.9 Å². The minimum Gasteiger partial charge on any atom is -0.506 e. The minimum atomic E-state index is -1.08. The van der Waals surface area contributed by atoms with Crippen molar-refractivity contribution in [3.05, 3.63) is 23.8 Å². The van der Waals surface area contributed by atoms with Crippen molar-refractivity contribution in [2.75, 3.05) is 4.90 Å². The number of carbonyl (C=O) groups is 1. The van der Waals surface area contributed by atoms with Crippen LogP contribution in [-0.4, -0.2) is 33.8 Å². The molecule has 1 fully saturated rings. The zero-order valence-corrected chi connectivity index (χ0v) is 12.6. The van der Waals surface area contributed by atoms with Gasteiger partial charge in [0, 0.05) is 0 Å². The van der Waals surface area contributed by atoms with Crippen molar-refractivity contribution in [1.82, 2.24) is 0 Å². The monoisotopic (exact) mass is 317 g/mol. The summed E-state index contributed by atoms with van der Waals surface area (Å²) < 4.78 is 0. The number of hydrogen-bond acceptors (Lipinski definition) is 7. The molecule has 0 amide bonds. The van der Waals surface area contributed by atoms with E-state index in [2.05, 4.69) is 9.98 Å². The Labute approximate surface area is 133 Å². The van der Waals surface area contributed by atoms with Gasteiger partial charge >= 0.3 is 5.97 Å². The summed E-state index contributed by atoms with van der Waals surface area (Å²) in [6, 6.07) is 4.06. The summed E-state index contributed by atoms with van der Waals surface area (Å²) in [4.78, 5) is 21.3. The smallest absolute Gasteiger partial charge is 0.335 e. The number of hydrogen-bond donors (Lipinski definition) is 4. The van der Waals surface area contributed by atoms with Crippen LogP contribution in [0.15, 0.2) is 28.2 Å². The zero-order chi connectivity index (χ0) is 16.6. The van der Waals surface area contributed by atoms with Gasteiger partial charge in [0.15, 0.2) is 0 Å². The van der Waals surface area contributed by atoms with E-state index in [0.29, 0.717) is 12.8 Å². The number of guanidine groups is 2. The van der Waals surface area contributed by atoms with E-state index in [0.717, 1.165) is 19.3 Å². The molecule has 122 valence electrons. The fraction of sp³-hybridized carbons (Fsp3) is 0.400. The standard InChI is InChI=1S/C15H19N5O3/c16-13-18-14(17)20(15(19-13)6-2-1-3-7-15)10-8-9(12(22)23)4-5-11(10)21/h4-5,8,21H,1-3,6-7H2,(H,22,23)(H4,16,17,18,19). The third-order valence-corrected chi connectivity index (χ3v) is 4.31. The quantitative estimate of drug-likeness (QED) is 0.646. The summed E-state index contributed by atoms with van der Waals surface area (Å²) in [6.07, 6.45) is 4.39. The van der Waals surface area contributed by atoms with Crippen LogP contribution in [0.5, 0.6) is 5.75 Å². The van der Waals surface area contributed by atoms with Gasteiger partial charge in [0.1, 0.15) is 11.4 Å². The van der Waals surface area contributed by atoms with Crippen LogP contribution in [-0.2, 0) is 0 Å². The van der Waals surface area contributed by atoms with E-state index in [1.807, 2.05) is 0 Å². The average Bonchev–Trinajstić information content (AvgIpc) is 2.48. The number of carboxylic acids is 1. The molecule has 1 heterocycles. The number of nitrogens with zero attached hydrogens (tertiary/aromatic N) is 3. The van der Waals surface area contributed by atoms with Crippen molar-refractivity contribution >= 4 is 23.6 Å². The molecule has 6 N–H and O–H groups in total. The van der Waals surface area contributed by atoms with E-state index in [1.54, 1.807) is 4.90 Å². The molecule has 0 aromatic heterocycles. The van der Waals surface area contributed by atoms with Gasteiger partial charge in [0.05, 0.1) is 11.3 Å². The van der Waals surface area contributed by atoms with Crippen LogP contribution in [0.1, 0.15) is 42.5 Å². The summed E-state index contributed by atoms with van der Waals surface area (Å²) >= 11 is 0. The SMILES string of the molecule is NC1=NC2(CCCCC2)N(c2cc(C(=O)O)ccc2O)C(N)=N1. The van der Waals surface area contributed by atoms with Gasteiger partial charge in [0.25, 0.3) is 0 Å². The normalized spacial score (nSPS) is 20.1. The van der Waals surface area contributed by atoms with Crippen molar-refractivity contribution in [1.29, 1.82) is 0 Å². The molecule has 3 rings (SSSR count). The summed E-state index contributed by atoms with van der Waals surface area (Å²) in [5, 5.41) is 19.4. The van der Waals surface area contributed by atoms with Gasteiger partial charge in [-0.05, 0) is 43.9 Å². The van der Waals surface area contributed by atoms with E-state index < -0.39 is 11.6 Å². The Morgan fingerprint density at radius 2 is 1.91 bits per heavy atom. The molecule has 2 aliphatic rings. The van der Waals surface area contributed by atoms with E-state index in [4.69, 9.17) is 11.5 Å². The lowest BCUT2D eigenvalue weighted by Gasteiger charge is -2.45. The topological polar surface area (TPSA) is 138 Å². The van der Waals surface area contributed by atoms with E-state index in [9.17, 15) is 15.0 Å². The maximum atomic E-state index is 11.2. The Hall–Kier alpha value is -2.77. The number of rotatable bonds is 2. The molecule has 1 spiro atoms. The highest BCUT2D eigenvalue weighted by molar-refractivity contribution is 6.07. The Morgan fingerprint density at radius 3 is 2.57 bits per heavy atom. The van der Waals surface area contributed by atoms with Crippen LogP contribution in [0.4, 0.5) is 5.69 Å². The first kappa shape index (κ1) is 15.1. The maximum absolute atomic E-state index is 11.2. The number of carboxylic acid groups (broad SMARTS) is 1. The van der Waals surface area contributed by atoms with Gasteiger partial charge in [-0.25, -0.2) is 9.79 Å². The lowest BCUT2D eigenvalue weighted by Crippen LogP contribution is -2.58. The molecule has 1 aromatic carbocycles. The van der Waals surface area contributed by atoms with E-state index >= 15 is 0 Å². The van der Waals surface area contributed by atoms with Gasteiger partial charge in [-0.15, -0.1) is 0 Å². The fourth-order valence-electron chi connectivity index (χ4n) is 3.31. The molecular weight excluding hydrogens is 298 g/mol. The van der Waals surface area contributed by atoms with Crippen molar-refractivity contribution in [3.8, 4) is 5.75 Å². The third kappa shape index (κ3) is 2.56. The second kappa shape index (κ2) is 5.45. The van der Waals surface area contributed by atoms with E-state index in [1.165, 1.54) is 18.2 Å². The Balaban J connectivity index is 2.14. The first-order chi connectivity index (χ1) is 10.9. The number of aromatic hydroxyl groups is 1. The molecule has 23 heavy (non-hydrogen) atoms. The predicted octanol–water partition coefficient (Wildman–Crippen LogP) is 1.20. The molecule has 1 aliphatic heterocycles. The molecular formula is C15H19N5O3. The number of phenols is 1. The van der Waals surface area contributed by atoms with Crippen molar-refractivity contribution in [2.24, 2.45) is 21.5 Å². The second-order valence-corrected chi connectivity index (χ2v) is 5.83. The van der Waals surface area contributed by atoms with Crippen LogP contribution in [0.25, 0.3) is 0 Å². The van der Waals surface area contributed by atoms with E-state index in [-0.39, 0.29) is 28.9 Å². The molecule has 0 saturated heterocycles. The number of aliphatic imine (C=N–C) groups is 2. The number of anilines is 1. The third-order valence-electron chi connectivity index (χ3n) is 4.31. The Morgan fingerprint density at radius 1 is 1.22 bits per heavy atom. The zero-order valence-electron chi connectivity index (χ0n) is 12.6. The number of benzene rings is 1. The van der Waals surface area contributed by atoms with Crippen molar-refractivity contribution < 1.29 is 15.0 Å². The fourth-order valence-corrected chi connectivity index (χ4v) is 3.31. The molecule has 8 heteroatoms. The highest BCUT2D eigenvalue weighted by Crippen LogP contribution is 2.42. The summed E-state index contributed by atoms with van der Waals surface area (Å²) in [5.74, 6) is -0.944. The van der Waals surface area contributed by atoms with Crippen LogP contribution < -0.4 is 16.4 Å². The lowest BCUT2D eigenvalue weighted by molar-refractivity contribution is 0.0697. The second-order valence-electron chi connectivity index (χ2n) is 5.83. The highest BCUT2D eigenvalue weighted by atomic mass is 16.4. The van der Waals surface area contributed by atoms with Crippen LogP contribution in [0.3, 0.4) is 0 Å². The first-order valence-corrected chi connectivity index (χ1v) is 7.49. The Kier molecular flexibility index (Phi) is 3.59. The van der Waals surface area contributed by atoms with Crippen molar-refractivity contribution in [3.63, 3.8) is 0 Å². The first-order valence-electron chi connectivity index (χ1n) is 7.49. The summed E-state index contributed by atoms with van der Waals surface area (Å²) in [6.45, 7) is 0. The minimum absolute atomic E-state index is 0.0547.